The highest BCUT2D eigenvalue weighted by Crippen LogP contribution is 2.31. The summed E-state index contributed by atoms with van der Waals surface area (Å²) in [4.78, 5) is 18.8. The fraction of sp³-hybridized carbons (Fsp3) is 0.250. The molecule has 2 N–H and O–H groups in total. The van der Waals surface area contributed by atoms with Crippen molar-refractivity contribution in [1.29, 1.82) is 0 Å². The molecule has 0 spiro atoms. The van der Waals surface area contributed by atoms with Crippen LogP contribution in [0.15, 0.2) is 65.1 Å². The molecule has 1 fully saturated rings. The van der Waals surface area contributed by atoms with Crippen LogP contribution in [0, 0.1) is 0 Å². The van der Waals surface area contributed by atoms with Crippen LogP contribution in [0.1, 0.15) is 34.5 Å². The molecule has 0 bridgehead atoms. The van der Waals surface area contributed by atoms with Gasteiger partial charge in [-0.25, -0.2) is 4.98 Å². The van der Waals surface area contributed by atoms with Crippen molar-refractivity contribution >= 4 is 27.5 Å². The highest BCUT2D eigenvalue weighted by Gasteiger charge is 2.16. The molecule has 0 radical (unpaired) electrons. The fourth-order valence-electron chi connectivity index (χ4n) is 3.94. The number of thiazole rings is 1. The molecule has 4 aromatic rings. The van der Waals surface area contributed by atoms with E-state index in [1.807, 2.05) is 30.3 Å². The fourth-order valence-corrected chi connectivity index (χ4v) is 4.86. The molecule has 5 rings (SSSR count). The summed E-state index contributed by atoms with van der Waals surface area (Å²) in [6, 6.07) is 20.0. The van der Waals surface area contributed by atoms with E-state index in [0.29, 0.717) is 18.1 Å². The molecule has 2 aromatic heterocycles. The van der Waals surface area contributed by atoms with E-state index in [-0.39, 0.29) is 5.91 Å². The number of carbonyl (C=O) groups excluding carboxylic acids is 1. The van der Waals surface area contributed by atoms with Crippen LogP contribution in [0.5, 0.6) is 0 Å². The lowest BCUT2D eigenvalue weighted by molar-refractivity contribution is -0.901. The zero-order valence-corrected chi connectivity index (χ0v) is 17.5. The van der Waals surface area contributed by atoms with E-state index >= 15 is 0 Å². The van der Waals surface area contributed by atoms with Gasteiger partial charge in [0.2, 0.25) is 0 Å². The van der Waals surface area contributed by atoms with Crippen LogP contribution in [0.3, 0.4) is 0 Å². The second-order valence-corrected chi connectivity index (χ2v) is 8.81. The first kappa shape index (κ1) is 19.0. The molecule has 6 heteroatoms. The third-order valence-electron chi connectivity index (χ3n) is 5.58. The van der Waals surface area contributed by atoms with Crippen LogP contribution in [0.2, 0.25) is 0 Å². The first-order valence-corrected chi connectivity index (χ1v) is 11.2. The number of quaternary nitrogens is 1. The Morgan fingerprint density at radius 2 is 1.77 bits per heavy atom. The first-order valence-electron chi connectivity index (χ1n) is 10.4. The average molecular weight is 419 g/mol. The molecular weight excluding hydrogens is 394 g/mol. The Kier molecular flexibility index (Phi) is 5.34. The number of para-hydroxylation sites is 1. The van der Waals surface area contributed by atoms with E-state index < -0.39 is 0 Å². The van der Waals surface area contributed by atoms with Crippen molar-refractivity contribution < 1.29 is 14.1 Å². The van der Waals surface area contributed by atoms with E-state index in [0.717, 1.165) is 27.3 Å². The van der Waals surface area contributed by atoms with Crippen LogP contribution >= 0.6 is 11.3 Å². The minimum Gasteiger partial charge on any atom is -0.448 e. The number of rotatable bonds is 6. The number of aromatic nitrogens is 1. The SMILES string of the molecule is O=C(NCc1ccc(C[NH+]2CCCC2)cc1)c1ccc(-c2nc3ccccc3s2)o1. The lowest BCUT2D eigenvalue weighted by atomic mass is 10.1. The predicted octanol–water partition coefficient (Wildman–Crippen LogP) is 3.67. The van der Waals surface area contributed by atoms with Gasteiger partial charge in [0.1, 0.15) is 6.54 Å². The molecule has 0 atom stereocenters. The molecule has 1 saturated heterocycles. The maximum atomic E-state index is 12.5. The molecule has 5 nitrogen and oxygen atoms in total. The minimum absolute atomic E-state index is 0.215. The number of hydrogen-bond donors (Lipinski definition) is 2. The molecule has 0 aliphatic carbocycles. The van der Waals surface area contributed by atoms with Crippen LogP contribution in [0.25, 0.3) is 21.0 Å². The zero-order chi connectivity index (χ0) is 20.3. The Morgan fingerprint density at radius 1 is 1.00 bits per heavy atom. The van der Waals surface area contributed by atoms with Crippen LogP contribution < -0.4 is 10.2 Å². The average Bonchev–Trinajstić information content (AvgIpc) is 3.53. The maximum Gasteiger partial charge on any atom is 0.287 e. The highest BCUT2D eigenvalue weighted by atomic mass is 32.1. The lowest BCUT2D eigenvalue weighted by Gasteiger charge is -2.12. The van der Waals surface area contributed by atoms with Crippen LogP contribution in [-0.2, 0) is 13.1 Å². The molecule has 1 aliphatic heterocycles. The molecule has 0 saturated carbocycles. The van der Waals surface area contributed by atoms with E-state index in [1.54, 1.807) is 22.3 Å². The number of likely N-dealkylation sites (tertiary alicyclic amines) is 1. The third kappa shape index (κ3) is 4.15. The number of nitrogens with zero attached hydrogens (tertiary/aromatic N) is 1. The first-order chi connectivity index (χ1) is 14.7. The van der Waals surface area contributed by atoms with E-state index in [9.17, 15) is 4.79 Å². The van der Waals surface area contributed by atoms with Gasteiger partial charge in [-0.15, -0.1) is 11.3 Å². The lowest BCUT2D eigenvalue weighted by Crippen LogP contribution is -3.08. The Bertz CT molecular complexity index is 1120. The van der Waals surface area contributed by atoms with Gasteiger partial charge in [0.05, 0.1) is 23.3 Å². The van der Waals surface area contributed by atoms with Crippen molar-refractivity contribution in [3.63, 3.8) is 0 Å². The Morgan fingerprint density at radius 3 is 2.57 bits per heavy atom. The van der Waals surface area contributed by atoms with Crippen molar-refractivity contribution in [2.45, 2.75) is 25.9 Å². The van der Waals surface area contributed by atoms with E-state index in [2.05, 4.69) is 34.6 Å². The molecule has 1 aliphatic rings. The number of amides is 1. The number of fused-ring (bicyclic) bond motifs is 1. The Labute approximate surface area is 179 Å². The summed E-state index contributed by atoms with van der Waals surface area (Å²) in [7, 11) is 0. The van der Waals surface area contributed by atoms with Crippen LogP contribution in [0.4, 0.5) is 0 Å². The van der Waals surface area contributed by atoms with Crippen molar-refractivity contribution in [3.05, 3.63) is 77.6 Å². The third-order valence-corrected chi connectivity index (χ3v) is 6.63. The van der Waals surface area contributed by atoms with Gasteiger partial charge in [0.15, 0.2) is 16.5 Å². The van der Waals surface area contributed by atoms with Crippen molar-refractivity contribution in [1.82, 2.24) is 10.3 Å². The minimum atomic E-state index is -0.215. The van der Waals surface area contributed by atoms with Gasteiger partial charge in [-0.05, 0) is 29.8 Å². The number of benzene rings is 2. The number of furan rings is 1. The number of nitrogens with one attached hydrogen (secondary N) is 2. The summed E-state index contributed by atoms with van der Waals surface area (Å²) in [6.07, 6.45) is 2.68. The summed E-state index contributed by atoms with van der Waals surface area (Å²) < 4.78 is 6.88. The van der Waals surface area contributed by atoms with Gasteiger partial charge in [-0.2, -0.15) is 0 Å². The van der Waals surface area contributed by atoms with Crippen molar-refractivity contribution in [2.24, 2.45) is 0 Å². The van der Waals surface area contributed by atoms with Gasteiger partial charge in [-0.3, -0.25) is 4.79 Å². The second kappa shape index (κ2) is 8.42. The quantitative estimate of drug-likeness (QED) is 0.502. The topological polar surface area (TPSA) is 59.6 Å². The number of hydrogen-bond acceptors (Lipinski definition) is 4. The number of carbonyl (C=O) groups is 1. The Hall–Kier alpha value is -2.96. The molecule has 152 valence electrons. The van der Waals surface area contributed by atoms with E-state index in [1.165, 1.54) is 31.5 Å². The largest absolute Gasteiger partial charge is 0.448 e. The van der Waals surface area contributed by atoms with Gasteiger partial charge in [-0.1, -0.05) is 36.4 Å². The van der Waals surface area contributed by atoms with Gasteiger partial charge >= 0.3 is 0 Å². The molecule has 30 heavy (non-hydrogen) atoms. The smallest absolute Gasteiger partial charge is 0.287 e. The summed E-state index contributed by atoms with van der Waals surface area (Å²) >= 11 is 1.56. The summed E-state index contributed by atoms with van der Waals surface area (Å²) in [6.45, 7) is 4.13. The van der Waals surface area contributed by atoms with Crippen LogP contribution in [-0.4, -0.2) is 24.0 Å². The summed E-state index contributed by atoms with van der Waals surface area (Å²) in [5.41, 5.74) is 3.38. The van der Waals surface area contributed by atoms with Gasteiger partial charge in [0, 0.05) is 24.9 Å². The second-order valence-electron chi connectivity index (χ2n) is 7.78. The predicted molar refractivity (Wildman–Crippen MR) is 119 cm³/mol. The molecule has 0 unspecified atom stereocenters. The van der Waals surface area contributed by atoms with Crippen molar-refractivity contribution in [2.75, 3.05) is 13.1 Å². The molecule has 3 heterocycles. The monoisotopic (exact) mass is 418 g/mol. The standard InChI is InChI=1S/C24H23N3O2S/c28-23(25-15-17-7-9-18(10-8-17)16-27-13-3-4-14-27)20-11-12-21(29-20)24-26-19-5-1-2-6-22(19)30-24/h1-2,5-12H,3-4,13-16H2,(H,25,28)/p+1. The molecular formula is C24H24N3O2S+. The van der Waals surface area contributed by atoms with E-state index in [4.69, 9.17) is 4.42 Å². The highest BCUT2D eigenvalue weighted by molar-refractivity contribution is 7.21. The summed E-state index contributed by atoms with van der Waals surface area (Å²) in [5.74, 6) is 0.710. The van der Waals surface area contributed by atoms with Gasteiger partial charge in [0.25, 0.3) is 5.91 Å². The maximum absolute atomic E-state index is 12.5. The molecule has 1 amide bonds. The summed E-state index contributed by atoms with van der Waals surface area (Å²) in [5, 5.41) is 3.73. The Balaban J connectivity index is 1.19. The van der Waals surface area contributed by atoms with Crippen molar-refractivity contribution in [3.8, 4) is 10.8 Å². The normalized spacial score (nSPS) is 14.4. The zero-order valence-electron chi connectivity index (χ0n) is 16.7. The van der Waals surface area contributed by atoms with Gasteiger partial charge < -0.3 is 14.6 Å². The molecule has 2 aromatic carbocycles.